The molecular weight excluding hydrogens is 486 g/mol. The van der Waals surface area contributed by atoms with Gasteiger partial charge in [-0.3, -0.25) is 9.59 Å². The number of nitrogens with zero attached hydrogens (tertiary/aromatic N) is 1. The van der Waals surface area contributed by atoms with Crippen molar-refractivity contribution in [1.82, 2.24) is 0 Å². The molecule has 0 aliphatic carbocycles. The van der Waals surface area contributed by atoms with Crippen molar-refractivity contribution in [3.8, 4) is 5.75 Å². The fraction of sp³-hybridized carbons (Fsp3) is 0. The van der Waals surface area contributed by atoms with Gasteiger partial charge in [0.25, 0.3) is 5.91 Å². The number of carbonyl (C=O) groups excluding carboxylic acids is 3. The summed E-state index contributed by atoms with van der Waals surface area (Å²) in [7, 11) is 0. The summed E-state index contributed by atoms with van der Waals surface area (Å²) in [5.74, 6) is -1.05. The molecule has 0 saturated heterocycles. The maximum absolute atomic E-state index is 13.4. The summed E-state index contributed by atoms with van der Waals surface area (Å²) < 4.78 is 5.36. The number of anilines is 1. The number of aliphatic hydroxyl groups is 1. The van der Waals surface area contributed by atoms with Crippen LogP contribution in [-0.2, 0) is 4.79 Å². The van der Waals surface area contributed by atoms with Gasteiger partial charge in [-0.05, 0) is 42.5 Å². The van der Waals surface area contributed by atoms with E-state index in [-0.39, 0.29) is 34.1 Å². The van der Waals surface area contributed by atoms with Crippen LogP contribution in [0.5, 0.6) is 5.75 Å². The van der Waals surface area contributed by atoms with Gasteiger partial charge in [0.05, 0.1) is 21.0 Å². The molecular formula is C27H16ClNO5S. The molecule has 1 N–H and O–H groups in total. The van der Waals surface area contributed by atoms with Crippen LogP contribution in [0.2, 0.25) is 5.02 Å². The molecule has 1 aliphatic rings. The zero-order valence-electron chi connectivity index (χ0n) is 18.0. The average molecular weight is 502 g/mol. The number of rotatable bonds is 4. The maximum Gasteiger partial charge on any atom is 0.426 e. The number of imide groups is 1. The first kappa shape index (κ1) is 22.6. The van der Waals surface area contributed by atoms with Gasteiger partial charge in [0.15, 0.2) is 0 Å². The van der Waals surface area contributed by atoms with Crippen LogP contribution < -0.4 is 9.64 Å². The molecule has 5 rings (SSSR count). The summed E-state index contributed by atoms with van der Waals surface area (Å²) >= 11 is 7.21. The second-order valence-corrected chi connectivity index (χ2v) is 9.09. The van der Waals surface area contributed by atoms with E-state index in [0.717, 1.165) is 16.2 Å². The monoisotopic (exact) mass is 501 g/mol. The lowest BCUT2D eigenvalue weighted by atomic mass is 10.1. The van der Waals surface area contributed by atoms with Crippen LogP contribution in [0.4, 0.5) is 10.5 Å². The standard InChI is InChI=1S/C27H16ClNO5S/c28-17-11-12-20-19(15-17)23(26(32)29(20)27(33)34-18-9-5-2-6-10-18)25(31)22-14-13-21(35-22)24(30)16-7-3-1-4-8-16/h1-15,31H/b25-23+. The van der Waals surface area contributed by atoms with Gasteiger partial charge in [-0.25, -0.2) is 9.69 Å². The van der Waals surface area contributed by atoms with Crippen LogP contribution in [-0.4, -0.2) is 22.9 Å². The molecule has 0 unspecified atom stereocenters. The minimum absolute atomic E-state index is 0.104. The minimum Gasteiger partial charge on any atom is -0.506 e. The second kappa shape index (κ2) is 9.21. The summed E-state index contributed by atoms with van der Waals surface area (Å²) in [5.41, 5.74) is 0.929. The zero-order valence-corrected chi connectivity index (χ0v) is 19.5. The first-order valence-corrected chi connectivity index (χ1v) is 11.7. The minimum atomic E-state index is -0.918. The molecule has 1 aliphatic heterocycles. The van der Waals surface area contributed by atoms with Gasteiger partial charge in [-0.15, -0.1) is 11.3 Å². The fourth-order valence-corrected chi connectivity index (χ4v) is 4.82. The van der Waals surface area contributed by atoms with Crippen molar-refractivity contribution in [2.24, 2.45) is 0 Å². The molecule has 0 radical (unpaired) electrons. The Morgan fingerprint density at radius 3 is 2.23 bits per heavy atom. The first-order valence-electron chi connectivity index (χ1n) is 10.5. The Labute approximate surface area is 209 Å². The van der Waals surface area contributed by atoms with Crippen molar-refractivity contribution in [3.63, 3.8) is 0 Å². The molecule has 6 nitrogen and oxygen atoms in total. The Hall–Kier alpha value is -4.20. The molecule has 35 heavy (non-hydrogen) atoms. The molecule has 2 amide bonds. The van der Waals surface area contributed by atoms with E-state index in [1.807, 2.05) is 6.07 Å². The number of thiophene rings is 1. The predicted octanol–water partition coefficient (Wildman–Crippen LogP) is 6.60. The number of carbonyl (C=O) groups is 3. The van der Waals surface area contributed by atoms with E-state index < -0.39 is 12.0 Å². The summed E-state index contributed by atoms with van der Waals surface area (Å²) in [6.45, 7) is 0. The van der Waals surface area contributed by atoms with Crippen molar-refractivity contribution >= 4 is 57.7 Å². The summed E-state index contributed by atoms with van der Waals surface area (Å²) in [6.07, 6.45) is -0.918. The Morgan fingerprint density at radius 1 is 0.857 bits per heavy atom. The van der Waals surface area contributed by atoms with E-state index in [1.54, 1.807) is 66.7 Å². The Bertz CT molecular complexity index is 1490. The van der Waals surface area contributed by atoms with E-state index in [0.29, 0.717) is 20.3 Å². The lowest BCUT2D eigenvalue weighted by molar-refractivity contribution is -0.112. The van der Waals surface area contributed by atoms with Gasteiger partial charge in [0, 0.05) is 16.1 Å². The van der Waals surface area contributed by atoms with Gasteiger partial charge < -0.3 is 9.84 Å². The summed E-state index contributed by atoms with van der Waals surface area (Å²) in [6, 6.07) is 24.8. The van der Waals surface area contributed by atoms with E-state index in [4.69, 9.17) is 16.3 Å². The summed E-state index contributed by atoms with van der Waals surface area (Å²) in [5, 5.41) is 11.4. The number of hydrogen-bond donors (Lipinski definition) is 1. The predicted molar refractivity (Wildman–Crippen MR) is 135 cm³/mol. The number of para-hydroxylation sites is 1. The van der Waals surface area contributed by atoms with Crippen LogP contribution in [0.25, 0.3) is 11.3 Å². The summed E-state index contributed by atoms with van der Waals surface area (Å²) in [4.78, 5) is 40.7. The number of amides is 2. The zero-order chi connectivity index (χ0) is 24.5. The van der Waals surface area contributed by atoms with Crippen molar-refractivity contribution in [2.45, 2.75) is 0 Å². The second-order valence-electron chi connectivity index (χ2n) is 7.57. The number of hydrogen-bond acceptors (Lipinski definition) is 6. The lowest BCUT2D eigenvalue weighted by Gasteiger charge is -2.14. The van der Waals surface area contributed by atoms with E-state index in [2.05, 4.69) is 0 Å². The van der Waals surface area contributed by atoms with Crippen molar-refractivity contribution in [3.05, 3.63) is 117 Å². The van der Waals surface area contributed by atoms with E-state index >= 15 is 0 Å². The number of ether oxygens (including phenoxy) is 1. The van der Waals surface area contributed by atoms with Gasteiger partial charge >= 0.3 is 6.09 Å². The van der Waals surface area contributed by atoms with E-state index in [1.165, 1.54) is 18.2 Å². The molecule has 172 valence electrons. The molecule has 2 heterocycles. The molecule has 3 aromatic carbocycles. The van der Waals surface area contributed by atoms with Gasteiger partial charge in [-0.2, -0.15) is 0 Å². The quantitative estimate of drug-likeness (QED) is 0.193. The third-order valence-electron chi connectivity index (χ3n) is 5.35. The highest BCUT2D eigenvalue weighted by molar-refractivity contribution is 7.15. The largest absolute Gasteiger partial charge is 0.506 e. The van der Waals surface area contributed by atoms with Crippen LogP contribution in [0.3, 0.4) is 0 Å². The number of benzene rings is 3. The highest BCUT2D eigenvalue weighted by Gasteiger charge is 2.40. The van der Waals surface area contributed by atoms with Gasteiger partial charge in [0.2, 0.25) is 5.78 Å². The van der Waals surface area contributed by atoms with Gasteiger partial charge in [-0.1, -0.05) is 60.1 Å². The lowest BCUT2D eigenvalue weighted by Crippen LogP contribution is -2.36. The molecule has 4 aromatic rings. The number of halogens is 1. The number of aliphatic hydroxyl groups excluding tert-OH is 1. The Morgan fingerprint density at radius 2 is 1.51 bits per heavy atom. The molecule has 8 heteroatoms. The molecule has 0 atom stereocenters. The maximum atomic E-state index is 13.4. The highest BCUT2D eigenvalue weighted by atomic mass is 35.5. The molecule has 0 fully saturated rings. The Balaban J connectivity index is 1.53. The molecule has 0 bridgehead atoms. The SMILES string of the molecule is O=C(c1ccccc1)c1ccc(/C(O)=C2\C(=O)N(C(=O)Oc3ccccc3)c3ccc(Cl)cc32)s1. The molecule has 0 saturated carbocycles. The van der Waals surface area contributed by atoms with Crippen LogP contribution in [0.15, 0.2) is 91.0 Å². The van der Waals surface area contributed by atoms with E-state index in [9.17, 15) is 19.5 Å². The normalized spacial score (nSPS) is 14.0. The van der Waals surface area contributed by atoms with Crippen LogP contribution >= 0.6 is 22.9 Å². The fourth-order valence-electron chi connectivity index (χ4n) is 3.73. The van der Waals surface area contributed by atoms with Crippen molar-refractivity contribution < 1.29 is 24.2 Å². The van der Waals surface area contributed by atoms with Crippen molar-refractivity contribution in [1.29, 1.82) is 0 Å². The smallest absolute Gasteiger partial charge is 0.426 e. The first-order chi connectivity index (χ1) is 16.9. The van der Waals surface area contributed by atoms with Crippen molar-refractivity contribution in [2.75, 3.05) is 4.90 Å². The number of fused-ring (bicyclic) bond motifs is 1. The topological polar surface area (TPSA) is 83.9 Å². The third kappa shape index (κ3) is 4.23. The Kier molecular flexibility index (Phi) is 5.94. The molecule has 1 aromatic heterocycles. The number of ketones is 1. The highest BCUT2D eigenvalue weighted by Crippen LogP contribution is 2.43. The van der Waals surface area contributed by atoms with Crippen LogP contribution in [0, 0.1) is 0 Å². The van der Waals surface area contributed by atoms with Gasteiger partial charge in [0.1, 0.15) is 11.5 Å². The average Bonchev–Trinajstić information content (AvgIpc) is 3.47. The van der Waals surface area contributed by atoms with Crippen LogP contribution in [0.1, 0.15) is 25.7 Å². The molecule has 0 spiro atoms. The third-order valence-corrected chi connectivity index (χ3v) is 6.68.